The molecule has 1 N–H and O–H groups in total. The number of methoxy groups -OCH3 is 2. The molecule has 8 heteroatoms. The summed E-state index contributed by atoms with van der Waals surface area (Å²) in [4.78, 5) is 0.160. The second-order valence-corrected chi connectivity index (χ2v) is 8.31. The molecule has 2 aliphatic heterocycles. The maximum atomic E-state index is 13.0. The predicted molar refractivity (Wildman–Crippen MR) is 86.7 cm³/mol. The van der Waals surface area contributed by atoms with Gasteiger partial charge in [-0.05, 0) is 24.5 Å². The lowest BCUT2D eigenvalue weighted by atomic mass is 9.76. The first kappa shape index (κ1) is 17.5. The van der Waals surface area contributed by atoms with Crippen molar-refractivity contribution in [3.05, 3.63) is 18.2 Å². The first-order valence-corrected chi connectivity index (χ1v) is 9.31. The molecule has 0 amide bonds. The molecule has 0 saturated carbocycles. The minimum absolute atomic E-state index is 0.0738. The third-order valence-electron chi connectivity index (χ3n) is 5.09. The fourth-order valence-electron chi connectivity index (χ4n) is 3.58. The summed E-state index contributed by atoms with van der Waals surface area (Å²) in [6.07, 6.45) is 0.762. The van der Waals surface area contributed by atoms with Crippen LogP contribution < -0.4 is 9.47 Å². The molecule has 134 valence electrons. The van der Waals surface area contributed by atoms with E-state index in [0.717, 1.165) is 6.42 Å². The molecule has 24 heavy (non-hydrogen) atoms. The van der Waals surface area contributed by atoms with Crippen molar-refractivity contribution in [3.8, 4) is 11.5 Å². The highest BCUT2D eigenvalue weighted by Gasteiger charge is 2.51. The van der Waals surface area contributed by atoms with Crippen LogP contribution in [0.3, 0.4) is 0 Å². The third-order valence-corrected chi connectivity index (χ3v) is 6.90. The number of ether oxygens (including phenoxy) is 3. The van der Waals surface area contributed by atoms with E-state index < -0.39 is 15.4 Å². The lowest BCUT2D eigenvalue weighted by Crippen LogP contribution is -2.43. The Morgan fingerprint density at radius 3 is 2.71 bits per heavy atom. The first-order valence-electron chi connectivity index (χ1n) is 7.87. The molecule has 2 fully saturated rings. The summed E-state index contributed by atoms with van der Waals surface area (Å²) in [7, 11) is -0.700. The molecule has 3 rings (SSSR count). The zero-order chi connectivity index (χ0) is 17.4. The molecule has 1 aromatic carbocycles. The number of benzene rings is 1. The van der Waals surface area contributed by atoms with E-state index >= 15 is 0 Å². The number of rotatable bonds is 5. The highest BCUT2D eigenvalue weighted by atomic mass is 32.2. The van der Waals surface area contributed by atoms with Gasteiger partial charge in [0, 0.05) is 31.2 Å². The molecule has 0 aromatic heterocycles. The van der Waals surface area contributed by atoms with Crippen molar-refractivity contribution < 1.29 is 27.7 Å². The number of aliphatic hydroxyl groups excluding tert-OH is 1. The summed E-state index contributed by atoms with van der Waals surface area (Å²) in [6, 6.07) is 4.57. The molecule has 7 nitrogen and oxygen atoms in total. The second kappa shape index (κ2) is 6.51. The Balaban J connectivity index is 1.91. The normalized spacial score (nSPS) is 27.7. The highest BCUT2D eigenvalue weighted by molar-refractivity contribution is 7.89. The van der Waals surface area contributed by atoms with Gasteiger partial charge in [0.05, 0.1) is 32.3 Å². The van der Waals surface area contributed by atoms with Crippen molar-refractivity contribution in [2.45, 2.75) is 11.3 Å². The quantitative estimate of drug-likeness (QED) is 0.836. The lowest BCUT2D eigenvalue weighted by Gasteiger charge is -2.36. The number of aliphatic hydroxyl groups is 1. The van der Waals surface area contributed by atoms with Gasteiger partial charge < -0.3 is 19.3 Å². The molecule has 0 unspecified atom stereocenters. The van der Waals surface area contributed by atoms with Crippen LogP contribution >= 0.6 is 0 Å². The van der Waals surface area contributed by atoms with Crippen molar-refractivity contribution in [1.82, 2.24) is 4.31 Å². The minimum Gasteiger partial charge on any atom is -0.493 e. The summed E-state index contributed by atoms with van der Waals surface area (Å²) in [6.45, 7) is 1.60. The van der Waals surface area contributed by atoms with Gasteiger partial charge in [-0.1, -0.05) is 0 Å². The van der Waals surface area contributed by atoms with Gasteiger partial charge in [-0.25, -0.2) is 8.42 Å². The second-order valence-electron chi connectivity index (χ2n) is 6.37. The van der Waals surface area contributed by atoms with Crippen molar-refractivity contribution >= 4 is 10.0 Å². The van der Waals surface area contributed by atoms with Crippen LogP contribution in [0, 0.1) is 11.3 Å². The zero-order valence-corrected chi connectivity index (χ0v) is 14.7. The lowest BCUT2D eigenvalue weighted by molar-refractivity contribution is -0.0552. The first-order chi connectivity index (χ1) is 11.5. The summed E-state index contributed by atoms with van der Waals surface area (Å²) in [5, 5.41) is 9.82. The fraction of sp³-hybridized carbons (Fsp3) is 0.625. The average Bonchev–Trinajstić information content (AvgIpc) is 3.02. The molecule has 0 radical (unpaired) electrons. The van der Waals surface area contributed by atoms with Crippen LogP contribution in [-0.4, -0.2) is 65.0 Å². The summed E-state index contributed by atoms with van der Waals surface area (Å²) in [5.74, 6) is 0.966. The smallest absolute Gasteiger partial charge is 0.243 e. The molecule has 2 heterocycles. The van der Waals surface area contributed by atoms with Crippen LogP contribution in [0.15, 0.2) is 23.1 Å². The molecule has 1 aromatic rings. The van der Waals surface area contributed by atoms with Gasteiger partial charge in [0.2, 0.25) is 10.0 Å². The Bertz CT molecular complexity index is 707. The standard InChI is InChI=1S/C16H23NO6S/c1-21-14-4-3-13(7-15(14)22-2)24(19,20)17-8-12-5-6-23-11-16(12,9-17)10-18/h3-4,7,12,18H,5-6,8-11H2,1-2H3/t12-,16+/m0/s1. The SMILES string of the molecule is COc1ccc(S(=O)(=O)N2C[C@@H]3CCOC[C@]3(CO)C2)cc1OC. The molecule has 0 bridgehead atoms. The van der Waals surface area contributed by atoms with Gasteiger partial charge in [0.15, 0.2) is 11.5 Å². The van der Waals surface area contributed by atoms with Gasteiger partial charge in [-0.2, -0.15) is 4.31 Å². The van der Waals surface area contributed by atoms with Gasteiger partial charge in [0.1, 0.15) is 0 Å². The Kier molecular flexibility index (Phi) is 4.74. The monoisotopic (exact) mass is 357 g/mol. The van der Waals surface area contributed by atoms with Gasteiger partial charge in [-0.15, -0.1) is 0 Å². The van der Waals surface area contributed by atoms with Crippen LogP contribution in [0.25, 0.3) is 0 Å². The molecule has 2 aliphatic rings. The Hall–Kier alpha value is -1.35. The maximum absolute atomic E-state index is 13.0. The van der Waals surface area contributed by atoms with E-state index in [-0.39, 0.29) is 24.0 Å². The number of nitrogens with zero attached hydrogens (tertiary/aromatic N) is 1. The molecule has 0 spiro atoms. The third kappa shape index (κ3) is 2.77. The molecular formula is C16H23NO6S. The molecule has 2 saturated heterocycles. The van der Waals surface area contributed by atoms with E-state index in [1.54, 1.807) is 6.07 Å². The topological polar surface area (TPSA) is 85.3 Å². The Labute approximate surface area is 142 Å². The van der Waals surface area contributed by atoms with Crippen LogP contribution in [-0.2, 0) is 14.8 Å². The van der Waals surface area contributed by atoms with E-state index in [0.29, 0.717) is 31.3 Å². The van der Waals surface area contributed by atoms with Crippen molar-refractivity contribution in [2.24, 2.45) is 11.3 Å². The van der Waals surface area contributed by atoms with Crippen LogP contribution in [0.5, 0.6) is 11.5 Å². The van der Waals surface area contributed by atoms with Gasteiger partial charge in [0.25, 0.3) is 0 Å². The van der Waals surface area contributed by atoms with Crippen molar-refractivity contribution in [3.63, 3.8) is 0 Å². The molecular weight excluding hydrogens is 334 g/mol. The maximum Gasteiger partial charge on any atom is 0.243 e. The van der Waals surface area contributed by atoms with Gasteiger partial charge in [-0.3, -0.25) is 0 Å². The summed E-state index contributed by atoms with van der Waals surface area (Å²) < 4.78 is 43.3. The molecule has 0 aliphatic carbocycles. The number of fused-ring (bicyclic) bond motifs is 1. The van der Waals surface area contributed by atoms with E-state index in [2.05, 4.69) is 0 Å². The van der Waals surface area contributed by atoms with E-state index in [9.17, 15) is 13.5 Å². The average molecular weight is 357 g/mol. The highest BCUT2D eigenvalue weighted by Crippen LogP contribution is 2.43. The van der Waals surface area contributed by atoms with Gasteiger partial charge >= 0.3 is 0 Å². The zero-order valence-electron chi connectivity index (χ0n) is 13.9. The predicted octanol–water partition coefficient (Wildman–Crippen LogP) is 0.723. The Morgan fingerprint density at radius 1 is 1.33 bits per heavy atom. The molecule has 2 atom stereocenters. The van der Waals surface area contributed by atoms with E-state index in [1.165, 1.54) is 30.7 Å². The fourth-order valence-corrected chi connectivity index (χ4v) is 5.18. The summed E-state index contributed by atoms with van der Waals surface area (Å²) >= 11 is 0. The van der Waals surface area contributed by atoms with Crippen LogP contribution in [0.1, 0.15) is 6.42 Å². The summed E-state index contributed by atoms with van der Waals surface area (Å²) in [5.41, 5.74) is -0.498. The van der Waals surface area contributed by atoms with Crippen molar-refractivity contribution in [1.29, 1.82) is 0 Å². The van der Waals surface area contributed by atoms with E-state index in [4.69, 9.17) is 14.2 Å². The van der Waals surface area contributed by atoms with Crippen LogP contribution in [0.4, 0.5) is 0 Å². The van der Waals surface area contributed by atoms with Crippen LogP contribution in [0.2, 0.25) is 0 Å². The Morgan fingerprint density at radius 2 is 2.08 bits per heavy atom. The number of hydrogen-bond acceptors (Lipinski definition) is 6. The minimum atomic E-state index is -3.67. The largest absolute Gasteiger partial charge is 0.493 e. The van der Waals surface area contributed by atoms with E-state index in [1.807, 2.05) is 0 Å². The number of sulfonamides is 1. The number of hydrogen-bond donors (Lipinski definition) is 1. The van der Waals surface area contributed by atoms with Crippen molar-refractivity contribution in [2.75, 3.05) is 47.1 Å².